The summed E-state index contributed by atoms with van der Waals surface area (Å²) in [4.78, 5) is 0. The third kappa shape index (κ3) is 6.45. The van der Waals surface area contributed by atoms with E-state index in [-0.39, 0.29) is 0 Å². The molecule has 20 heavy (non-hydrogen) atoms. The van der Waals surface area contributed by atoms with Crippen LogP contribution in [0.1, 0.15) is 59.8 Å². The molecule has 4 unspecified atom stereocenters. The fourth-order valence-corrected chi connectivity index (χ4v) is 3.20. The van der Waals surface area contributed by atoms with Crippen LogP contribution in [0.15, 0.2) is 37.6 Å². The summed E-state index contributed by atoms with van der Waals surface area (Å²) in [5, 5.41) is 3.56. The van der Waals surface area contributed by atoms with E-state index in [9.17, 15) is 0 Å². The lowest BCUT2D eigenvalue weighted by Gasteiger charge is -2.36. The highest BCUT2D eigenvalue weighted by atomic mass is 14.9. The fourth-order valence-electron chi connectivity index (χ4n) is 3.20. The standard InChI is InChI=1S/C19H35N/c1-7-12-14-16(6)18(10-4)19(20-11-5)17(9-3)15-13-8-2/h7,11-12,14,16-20H,1,5,8-10,13,15H2,2-4,6H3/b14-12-. The SMILES string of the molecule is C=C/C=C\C(C)C(CC)C(NC=C)C(CC)CCCC. The van der Waals surface area contributed by atoms with E-state index in [0.29, 0.717) is 17.9 Å². The Bertz CT molecular complexity index is 279. The van der Waals surface area contributed by atoms with Crippen LogP contribution >= 0.6 is 0 Å². The van der Waals surface area contributed by atoms with Crippen molar-refractivity contribution in [1.29, 1.82) is 0 Å². The molecule has 0 aromatic rings. The smallest absolute Gasteiger partial charge is 0.0317 e. The fraction of sp³-hybridized carbons (Fsp3) is 0.684. The van der Waals surface area contributed by atoms with Gasteiger partial charge in [-0.15, -0.1) is 0 Å². The topological polar surface area (TPSA) is 12.0 Å². The van der Waals surface area contributed by atoms with Crippen molar-refractivity contribution in [2.45, 2.75) is 65.8 Å². The van der Waals surface area contributed by atoms with Gasteiger partial charge in [0.2, 0.25) is 0 Å². The second kappa shape index (κ2) is 11.8. The maximum Gasteiger partial charge on any atom is 0.0317 e. The number of nitrogens with one attached hydrogen (secondary N) is 1. The van der Waals surface area contributed by atoms with Crippen molar-refractivity contribution in [2.24, 2.45) is 17.8 Å². The quantitative estimate of drug-likeness (QED) is 0.451. The summed E-state index contributed by atoms with van der Waals surface area (Å²) < 4.78 is 0. The van der Waals surface area contributed by atoms with E-state index in [4.69, 9.17) is 0 Å². The Morgan fingerprint density at radius 3 is 2.25 bits per heavy atom. The van der Waals surface area contributed by atoms with Gasteiger partial charge in [-0.3, -0.25) is 0 Å². The molecule has 1 heteroatoms. The Kier molecular flexibility index (Phi) is 11.2. The normalized spacial score (nSPS) is 17.4. The molecule has 4 atom stereocenters. The summed E-state index contributed by atoms with van der Waals surface area (Å²) in [6.45, 7) is 16.9. The number of allylic oxidation sites excluding steroid dienone is 3. The Morgan fingerprint density at radius 2 is 1.80 bits per heavy atom. The molecule has 0 saturated heterocycles. The molecule has 1 N–H and O–H groups in total. The van der Waals surface area contributed by atoms with Gasteiger partial charge in [0.05, 0.1) is 0 Å². The maximum absolute atomic E-state index is 3.89. The molecule has 0 aromatic heterocycles. The minimum Gasteiger partial charge on any atom is -0.388 e. The molecule has 0 heterocycles. The average molecular weight is 277 g/mol. The van der Waals surface area contributed by atoms with Gasteiger partial charge in [-0.05, 0) is 30.4 Å². The lowest BCUT2D eigenvalue weighted by Crippen LogP contribution is -2.41. The molecule has 0 radical (unpaired) electrons. The van der Waals surface area contributed by atoms with Crippen LogP contribution in [0.2, 0.25) is 0 Å². The molecule has 0 amide bonds. The van der Waals surface area contributed by atoms with Crippen LogP contribution < -0.4 is 5.32 Å². The van der Waals surface area contributed by atoms with Crippen LogP contribution in [0.4, 0.5) is 0 Å². The minimum absolute atomic E-state index is 0.526. The number of hydrogen-bond donors (Lipinski definition) is 1. The molecule has 0 bridgehead atoms. The molecular formula is C19H35N. The van der Waals surface area contributed by atoms with Crippen LogP contribution in [-0.2, 0) is 0 Å². The first-order valence-corrected chi connectivity index (χ1v) is 8.32. The number of hydrogen-bond acceptors (Lipinski definition) is 1. The van der Waals surface area contributed by atoms with E-state index in [0.717, 1.165) is 5.92 Å². The van der Waals surface area contributed by atoms with Gasteiger partial charge in [-0.25, -0.2) is 0 Å². The van der Waals surface area contributed by atoms with E-state index in [2.05, 4.69) is 58.3 Å². The summed E-state index contributed by atoms with van der Waals surface area (Å²) in [6, 6.07) is 0.526. The zero-order valence-electron chi connectivity index (χ0n) is 14.1. The van der Waals surface area contributed by atoms with Crippen LogP contribution in [0.3, 0.4) is 0 Å². The van der Waals surface area contributed by atoms with E-state index < -0.39 is 0 Å². The van der Waals surface area contributed by atoms with Gasteiger partial charge in [0.15, 0.2) is 0 Å². The van der Waals surface area contributed by atoms with E-state index in [1.807, 2.05) is 12.3 Å². The van der Waals surface area contributed by atoms with Crippen molar-refractivity contribution in [3.63, 3.8) is 0 Å². The van der Waals surface area contributed by atoms with Gasteiger partial charge in [-0.2, -0.15) is 0 Å². The molecule has 0 fully saturated rings. The predicted molar refractivity (Wildman–Crippen MR) is 92.7 cm³/mol. The molecule has 0 saturated carbocycles. The second-order valence-corrected chi connectivity index (χ2v) is 5.76. The van der Waals surface area contributed by atoms with Gasteiger partial charge in [0.1, 0.15) is 0 Å². The van der Waals surface area contributed by atoms with Gasteiger partial charge in [-0.1, -0.05) is 84.8 Å². The molecule has 0 aromatic carbocycles. The largest absolute Gasteiger partial charge is 0.388 e. The predicted octanol–water partition coefficient (Wildman–Crippen LogP) is 5.71. The Balaban J connectivity index is 5.00. The van der Waals surface area contributed by atoms with Crippen molar-refractivity contribution in [2.75, 3.05) is 0 Å². The van der Waals surface area contributed by atoms with E-state index in [1.165, 1.54) is 32.1 Å². The molecule has 0 aliphatic carbocycles. The molecule has 116 valence electrons. The van der Waals surface area contributed by atoms with Gasteiger partial charge >= 0.3 is 0 Å². The minimum atomic E-state index is 0.526. The molecule has 0 aliphatic rings. The average Bonchev–Trinajstić information content (AvgIpc) is 2.46. The maximum atomic E-state index is 3.89. The first kappa shape index (κ1) is 19.0. The highest BCUT2D eigenvalue weighted by Crippen LogP contribution is 2.30. The number of unbranched alkanes of at least 4 members (excludes halogenated alkanes) is 1. The second-order valence-electron chi connectivity index (χ2n) is 5.76. The third-order valence-electron chi connectivity index (χ3n) is 4.43. The van der Waals surface area contributed by atoms with Gasteiger partial charge < -0.3 is 5.32 Å². The first-order valence-electron chi connectivity index (χ1n) is 8.32. The van der Waals surface area contributed by atoms with Crippen molar-refractivity contribution < 1.29 is 0 Å². The van der Waals surface area contributed by atoms with Crippen molar-refractivity contribution in [1.82, 2.24) is 5.32 Å². The summed E-state index contributed by atoms with van der Waals surface area (Å²) in [7, 11) is 0. The first-order chi connectivity index (χ1) is 9.65. The molecule has 0 aliphatic heterocycles. The Morgan fingerprint density at radius 1 is 1.10 bits per heavy atom. The molecule has 0 rings (SSSR count). The zero-order valence-corrected chi connectivity index (χ0v) is 14.1. The van der Waals surface area contributed by atoms with E-state index >= 15 is 0 Å². The van der Waals surface area contributed by atoms with Crippen LogP contribution in [0, 0.1) is 17.8 Å². The van der Waals surface area contributed by atoms with Crippen LogP contribution in [-0.4, -0.2) is 6.04 Å². The summed E-state index contributed by atoms with van der Waals surface area (Å²) in [5.74, 6) is 1.94. The third-order valence-corrected chi connectivity index (χ3v) is 4.43. The molecule has 1 nitrogen and oxygen atoms in total. The van der Waals surface area contributed by atoms with E-state index in [1.54, 1.807) is 0 Å². The van der Waals surface area contributed by atoms with Crippen LogP contribution in [0.25, 0.3) is 0 Å². The number of rotatable bonds is 12. The molecular weight excluding hydrogens is 242 g/mol. The summed E-state index contributed by atoms with van der Waals surface area (Å²) in [5.41, 5.74) is 0. The van der Waals surface area contributed by atoms with Crippen molar-refractivity contribution in [3.8, 4) is 0 Å². The lowest BCUT2D eigenvalue weighted by molar-refractivity contribution is 0.214. The van der Waals surface area contributed by atoms with Gasteiger partial charge in [0, 0.05) is 6.04 Å². The highest BCUT2D eigenvalue weighted by molar-refractivity contribution is 5.02. The zero-order chi connectivity index (χ0) is 15.4. The highest BCUT2D eigenvalue weighted by Gasteiger charge is 2.28. The van der Waals surface area contributed by atoms with Crippen molar-refractivity contribution in [3.05, 3.63) is 37.6 Å². The summed E-state index contributed by atoms with van der Waals surface area (Å²) in [6.07, 6.45) is 14.4. The monoisotopic (exact) mass is 277 g/mol. The van der Waals surface area contributed by atoms with Crippen LogP contribution in [0.5, 0.6) is 0 Å². The Hall–Kier alpha value is -0.980. The Labute approximate surface area is 127 Å². The molecule has 0 spiro atoms. The summed E-state index contributed by atoms with van der Waals surface area (Å²) >= 11 is 0. The van der Waals surface area contributed by atoms with Crippen molar-refractivity contribution >= 4 is 0 Å². The lowest BCUT2D eigenvalue weighted by atomic mass is 9.76. The van der Waals surface area contributed by atoms with Gasteiger partial charge in [0.25, 0.3) is 0 Å².